The van der Waals surface area contributed by atoms with Gasteiger partial charge in [0.1, 0.15) is 0 Å². The summed E-state index contributed by atoms with van der Waals surface area (Å²) in [7, 11) is 0.543. The van der Waals surface area contributed by atoms with E-state index >= 15 is 0 Å². The van der Waals surface area contributed by atoms with Crippen LogP contribution in [0, 0.1) is 11.6 Å². The van der Waals surface area contributed by atoms with Crippen molar-refractivity contribution in [3.8, 4) is 0 Å². The SMILES string of the molecule is C1CC[SiH2]C1.Fc1cccc(C2=[C]([Hf+2][C]3=C(c4cccc(F)c4)C=CC3)CC=C2)c1.[Cl-].[Cl-]. The molecule has 0 spiro atoms. The molecule has 166 valence electrons. The molecule has 0 bridgehead atoms. The summed E-state index contributed by atoms with van der Waals surface area (Å²) in [5, 5.41) is 0. The molecule has 0 saturated carbocycles. The number of benzene rings is 2. The summed E-state index contributed by atoms with van der Waals surface area (Å²) in [5.74, 6) is -0.389. The van der Waals surface area contributed by atoms with Crippen molar-refractivity contribution >= 4 is 20.7 Å². The summed E-state index contributed by atoms with van der Waals surface area (Å²) < 4.78 is 30.1. The molecule has 0 nitrogen and oxygen atoms in total. The molecule has 0 radical (unpaired) electrons. The minimum atomic E-state index is -1.25. The van der Waals surface area contributed by atoms with Gasteiger partial charge in [-0.15, -0.1) is 0 Å². The fourth-order valence-corrected chi connectivity index (χ4v) is 11.4. The van der Waals surface area contributed by atoms with Crippen molar-refractivity contribution in [3.63, 3.8) is 0 Å². The molecule has 0 unspecified atom stereocenters. The molecule has 6 heteroatoms. The van der Waals surface area contributed by atoms with Crippen LogP contribution in [0.5, 0.6) is 0 Å². The Morgan fingerprint density at radius 1 is 0.688 bits per heavy atom. The third-order valence-electron chi connectivity index (χ3n) is 5.69. The number of allylic oxidation sites excluding steroid dienone is 8. The molecule has 2 aromatic carbocycles. The van der Waals surface area contributed by atoms with Crippen LogP contribution in [-0.4, -0.2) is 9.52 Å². The monoisotopic (exact) mass is 654 g/mol. The number of rotatable bonds is 4. The Labute approximate surface area is 216 Å². The zero-order valence-electron chi connectivity index (χ0n) is 17.9. The Morgan fingerprint density at radius 3 is 1.53 bits per heavy atom. The number of halogens is 4. The van der Waals surface area contributed by atoms with Gasteiger partial charge in [-0.2, -0.15) is 0 Å². The predicted octanol–water partition coefficient (Wildman–Crippen LogP) is 0.883. The molecule has 32 heavy (non-hydrogen) atoms. The molecule has 0 aromatic heterocycles. The van der Waals surface area contributed by atoms with Gasteiger partial charge in [0.15, 0.2) is 0 Å². The maximum Gasteiger partial charge on any atom is -1.00 e. The molecule has 1 saturated heterocycles. The van der Waals surface area contributed by atoms with Crippen molar-refractivity contribution < 1.29 is 56.5 Å². The van der Waals surface area contributed by atoms with E-state index in [2.05, 4.69) is 24.3 Å². The third kappa shape index (κ3) is 7.21. The molecule has 0 amide bonds. The maximum atomic E-state index is 13.6. The molecule has 5 rings (SSSR count). The van der Waals surface area contributed by atoms with Crippen molar-refractivity contribution in [1.82, 2.24) is 0 Å². The fourth-order valence-electron chi connectivity index (χ4n) is 4.17. The first-order valence-electron chi connectivity index (χ1n) is 10.8. The Bertz CT molecular complexity index is 955. The summed E-state index contributed by atoms with van der Waals surface area (Å²) in [6.07, 6.45) is 13.7. The van der Waals surface area contributed by atoms with E-state index in [4.69, 9.17) is 0 Å². The van der Waals surface area contributed by atoms with Crippen LogP contribution in [-0.2, 0) is 22.9 Å². The van der Waals surface area contributed by atoms with E-state index in [0.717, 1.165) is 24.0 Å². The van der Waals surface area contributed by atoms with Crippen molar-refractivity contribution in [2.45, 2.75) is 37.8 Å². The van der Waals surface area contributed by atoms with Crippen LogP contribution in [0.3, 0.4) is 0 Å². The minimum absolute atomic E-state index is 0. The standard InChI is InChI=1S/2C11H8F.C4H10Si.2ClH.Hf/c2*12-11-7-3-6-10(8-11)9-4-1-2-5-9;1-2-4-5-3-1;;;/h2*1,3-4,6-8H,2H2;1-5H2;2*1H;/q;;;;;+2/p-2. The zero-order chi connectivity index (χ0) is 20.8. The summed E-state index contributed by atoms with van der Waals surface area (Å²) in [6, 6.07) is 17.0. The molecule has 0 atom stereocenters. The van der Waals surface area contributed by atoms with Crippen LogP contribution in [0.1, 0.15) is 36.8 Å². The normalized spacial score (nSPS) is 16.3. The van der Waals surface area contributed by atoms with Gasteiger partial charge in [0.2, 0.25) is 0 Å². The van der Waals surface area contributed by atoms with Gasteiger partial charge in [-0.05, 0) is 0 Å². The Kier molecular flexibility index (Phi) is 11.5. The van der Waals surface area contributed by atoms with E-state index in [-0.39, 0.29) is 36.4 Å². The zero-order valence-corrected chi connectivity index (χ0v) is 24.4. The molecule has 2 aliphatic carbocycles. The smallest absolute Gasteiger partial charge is 1.00 e. The Hall–Kier alpha value is -1.07. The third-order valence-corrected chi connectivity index (χ3v) is 13.3. The van der Waals surface area contributed by atoms with Gasteiger partial charge >= 0.3 is 158 Å². The second-order valence-corrected chi connectivity index (χ2v) is 15.3. The quantitative estimate of drug-likeness (QED) is 0.431. The van der Waals surface area contributed by atoms with E-state index in [0.29, 0.717) is 9.52 Å². The fraction of sp³-hybridized carbons (Fsp3) is 0.231. The van der Waals surface area contributed by atoms with E-state index in [9.17, 15) is 8.78 Å². The first-order chi connectivity index (χ1) is 14.7. The second-order valence-electron chi connectivity index (χ2n) is 7.91. The maximum absolute atomic E-state index is 13.6. The number of hydrogen-bond donors (Lipinski definition) is 0. The van der Waals surface area contributed by atoms with Crippen LogP contribution >= 0.6 is 0 Å². The molecule has 1 heterocycles. The predicted molar refractivity (Wildman–Crippen MR) is 122 cm³/mol. The summed E-state index contributed by atoms with van der Waals surface area (Å²) in [6.45, 7) is 0. The average Bonchev–Trinajstić information content (AvgIpc) is 3.52. The Balaban J connectivity index is 0.000000460. The van der Waals surface area contributed by atoms with Gasteiger partial charge in [0.05, 0.1) is 0 Å². The topological polar surface area (TPSA) is 0 Å². The molecular formula is C26H26Cl2F2HfSi. The minimum Gasteiger partial charge on any atom is -1.00 e. The first-order valence-corrected chi connectivity index (χ1v) is 16.4. The van der Waals surface area contributed by atoms with E-state index in [1.54, 1.807) is 49.2 Å². The Morgan fingerprint density at radius 2 is 1.16 bits per heavy atom. The first kappa shape index (κ1) is 27.2. The van der Waals surface area contributed by atoms with Crippen LogP contribution in [0.4, 0.5) is 8.78 Å². The van der Waals surface area contributed by atoms with E-state index < -0.39 is 22.9 Å². The van der Waals surface area contributed by atoms with Gasteiger partial charge < -0.3 is 24.8 Å². The van der Waals surface area contributed by atoms with E-state index in [1.165, 1.54) is 29.9 Å². The average molecular weight is 654 g/mol. The van der Waals surface area contributed by atoms with E-state index in [1.807, 2.05) is 12.1 Å². The van der Waals surface area contributed by atoms with Crippen LogP contribution in [0.25, 0.3) is 11.1 Å². The molecular weight excluding hydrogens is 628 g/mol. The number of hydrogen-bond acceptors (Lipinski definition) is 0. The van der Waals surface area contributed by atoms with Gasteiger partial charge in [-0.25, -0.2) is 0 Å². The molecule has 0 N–H and O–H groups in total. The van der Waals surface area contributed by atoms with Gasteiger partial charge in [-0.3, -0.25) is 0 Å². The molecule has 3 aliphatic rings. The van der Waals surface area contributed by atoms with Crippen molar-refractivity contribution in [2.75, 3.05) is 0 Å². The molecule has 2 aromatic rings. The molecule has 1 fully saturated rings. The summed E-state index contributed by atoms with van der Waals surface area (Å²) >= 11 is -1.25. The second kappa shape index (κ2) is 13.6. The summed E-state index contributed by atoms with van der Waals surface area (Å²) in [4.78, 5) is 0. The largest absolute Gasteiger partial charge is 1.00 e. The van der Waals surface area contributed by atoms with Crippen LogP contribution in [0.2, 0.25) is 12.1 Å². The van der Waals surface area contributed by atoms with Crippen LogP contribution < -0.4 is 24.8 Å². The molecule has 1 aliphatic heterocycles. The summed E-state index contributed by atoms with van der Waals surface area (Å²) in [5.41, 5.74) is 4.33. The van der Waals surface area contributed by atoms with Crippen molar-refractivity contribution in [1.29, 1.82) is 0 Å². The van der Waals surface area contributed by atoms with Gasteiger partial charge in [0.25, 0.3) is 0 Å². The van der Waals surface area contributed by atoms with Crippen LogP contribution in [0.15, 0.2) is 79.5 Å². The van der Waals surface area contributed by atoms with Crippen molar-refractivity contribution in [3.05, 3.63) is 102 Å². The van der Waals surface area contributed by atoms with Crippen molar-refractivity contribution in [2.24, 2.45) is 0 Å². The van der Waals surface area contributed by atoms with Gasteiger partial charge in [0, 0.05) is 9.52 Å². The van der Waals surface area contributed by atoms with Gasteiger partial charge in [-0.1, -0.05) is 24.9 Å².